The van der Waals surface area contributed by atoms with Gasteiger partial charge in [0.2, 0.25) is 0 Å². The summed E-state index contributed by atoms with van der Waals surface area (Å²) in [5, 5.41) is 16.8. The van der Waals surface area contributed by atoms with Crippen LogP contribution in [0, 0.1) is 6.92 Å². The molecule has 2 aromatic carbocycles. The molecule has 0 bridgehead atoms. The highest BCUT2D eigenvalue weighted by Gasteiger charge is 2.20. The average Bonchev–Trinajstić information content (AvgIpc) is 3.35. The Morgan fingerprint density at radius 1 is 0.966 bits per heavy atom. The summed E-state index contributed by atoms with van der Waals surface area (Å²) < 4.78 is 1.63. The van der Waals surface area contributed by atoms with E-state index < -0.39 is 0 Å². The molecule has 5 aromatic rings. The predicted octanol–water partition coefficient (Wildman–Crippen LogP) is 5.13. The van der Waals surface area contributed by atoms with Crippen LogP contribution in [0.15, 0.2) is 60.0 Å². The highest BCUT2D eigenvalue weighted by atomic mass is 35.5. The number of nitrogens with zero attached hydrogens (tertiary/aromatic N) is 5. The molecular weight excluding hydrogens is 404 g/mol. The fourth-order valence-electron chi connectivity index (χ4n) is 3.26. The normalized spacial score (nSPS) is 11.2. The first kappa shape index (κ1) is 17.8. The molecule has 5 rings (SSSR count). The summed E-state index contributed by atoms with van der Waals surface area (Å²) in [6.07, 6.45) is 0. The maximum Gasteiger partial charge on any atom is 0.187 e. The van der Waals surface area contributed by atoms with E-state index >= 15 is 0 Å². The zero-order valence-corrected chi connectivity index (χ0v) is 16.9. The minimum atomic E-state index is 0.410. The van der Waals surface area contributed by atoms with Gasteiger partial charge in [-0.05, 0) is 24.6 Å². The summed E-state index contributed by atoms with van der Waals surface area (Å²) in [6, 6.07) is 17.5. The van der Waals surface area contributed by atoms with Gasteiger partial charge in [0, 0.05) is 16.0 Å². The summed E-state index contributed by atoms with van der Waals surface area (Å²) in [5.41, 5.74) is 12.1. The van der Waals surface area contributed by atoms with Gasteiger partial charge in [0.25, 0.3) is 0 Å². The van der Waals surface area contributed by atoms with Crippen LogP contribution in [0.3, 0.4) is 0 Å². The summed E-state index contributed by atoms with van der Waals surface area (Å²) in [5.74, 6) is 0.410. The average molecular weight is 419 g/mol. The van der Waals surface area contributed by atoms with Crippen molar-refractivity contribution in [3.63, 3.8) is 0 Å². The molecule has 0 amide bonds. The SMILES string of the molecule is Cc1nn2c(N)c(-c3nc(-c4ccccc4)cs3)nnc2c1-c1ccc(Cl)cc1. The van der Waals surface area contributed by atoms with Crippen molar-refractivity contribution in [1.82, 2.24) is 24.8 Å². The van der Waals surface area contributed by atoms with Gasteiger partial charge in [0.15, 0.2) is 17.2 Å². The lowest BCUT2D eigenvalue weighted by Crippen LogP contribution is -2.05. The van der Waals surface area contributed by atoms with E-state index in [0.717, 1.165) is 28.1 Å². The van der Waals surface area contributed by atoms with Crippen LogP contribution >= 0.6 is 22.9 Å². The first-order chi connectivity index (χ1) is 14.1. The molecule has 2 N–H and O–H groups in total. The number of benzene rings is 2. The number of aromatic nitrogens is 5. The molecule has 0 aliphatic carbocycles. The molecule has 142 valence electrons. The molecule has 0 unspecified atom stereocenters. The minimum Gasteiger partial charge on any atom is -0.382 e. The molecule has 0 aliphatic heterocycles. The van der Waals surface area contributed by atoms with Crippen LogP contribution in [0.1, 0.15) is 5.69 Å². The number of hydrogen-bond acceptors (Lipinski definition) is 6. The standard InChI is InChI=1S/C21H15ClN6S/c1-12-17(14-7-9-15(22)10-8-14)20-26-25-18(19(23)28(20)27-12)21-24-16(11-29-21)13-5-3-2-4-6-13/h2-11H,23H2,1H3. The molecule has 0 saturated carbocycles. The first-order valence-corrected chi connectivity index (χ1v) is 10.2. The molecule has 29 heavy (non-hydrogen) atoms. The van der Waals surface area contributed by atoms with E-state index in [2.05, 4.69) is 15.3 Å². The van der Waals surface area contributed by atoms with Gasteiger partial charge in [0.1, 0.15) is 5.01 Å². The molecular formula is C21H15ClN6S. The van der Waals surface area contributed by atoms with Crippen LogP contribution in [0.4, 0.5) is 5.82 Å². The van der Waals surface area contributed by atoms with Gasteiger partial charge in [-0.1, -0.05) is 54.1 Å². The van der Waals surface area contributed by atoms with Crippen LogP contribution in [0.5, 0.6) is 0 Å². The number of halogens is 1. The summed E-state index contributed by atoms with van der Waals surface area (Å²) >= 11 is 7.50. The Morgan fingerprint density at radius 3 is 2.48 bits per heavy atom. The second-order valence-corrected chi connectivity index (χ2v) is 7.84. The largest absolute Gasteiger partial charge is 0.382 e. The van der Waals surface area contributed by atoms with Crippen molar-refractivity contribution in [2.45, 2.75) is 6.92 Å². The molecule has 8 heteroatoms. The van der Waals surface area contributed by atoms with Crippen molar-refractivity contribution < 1.29 is 0 Å². The summed E-state index contributed by atoms with van der Waals surface area (Å²) in [7, 11) is 0. The van der Waals surface area contributed by atoms with Crippen LogP contribution in [-0.2, 0) is 0 Å². The van der Waals surface area contributed by atoms with Crippen molar-refractivity contribution in [3.8, 4) is 33.1 Å². The summed E-state index contributed by atoms with van der Waals surface area (Å²) in [6.45, 7) is 1.93. The Hall–Kier alpha value is -3.29. The Labute approximate surface area is 175 Å². The maximum absolute atomic E-state index is 6.43. The zero-order valence-electron chi connectivity index (χ0n) is 15.4. The van der Waals surface area contributed by atoms with Crippen LogP contribution in [0.25, 0.3) is 38.7 Å². The summed E-state index contributed by atoms with van der Waals surface area (Å²) in [4.78, 5) is 4.70. The van der Waals surface area contributed by atoms with E-state index in [1.54, 1.807) is 4.52 Å². The van der Waals surface area contributed by atoms with Gasteiger partial charge in [-0.25, -0.2) is 4.98 Å². The molecule has 0 spiro atoms. The lowest BCUT2D eigenvalue weighted by Gasteiger charge is -2.04. The fourth-order valence-corrected chi connectivity index (χ4v) is 4.20. The smallest absolute Gasteiger partial charge is 0.187 e. The highest BCUT2D eigenvalue weighted by molar-refractivity contribution is 7.13. The molecule has 0 fully saturated rings. The predicted molar refractivity (Wildman–Crippen MR) is 117 cm³/mol. The number of thiazole rings is 1. The van der Waals surface area contributed by atoms with E-state index in [9.17, 15) is 0 Å². The van der Waals surface area contributed by atoms with E-state index in [0.29, 0.717) is 27.2 Å². The second-order valence-electron chi connectivity index (χ2n) is 6.54. The molecule has 0 atom stereocenters. The van der Waals surface area contributed by atoms with Gasteiger partial charge in [-0.3, -0.25) is 0 Å². The van der Waals surface area contributed by atoms with Crippen molar-refractivity contribution >= 4 is 34.4 Å². The molecule has 6 nitrogen and oxygen atoms in total. The monoisotopic (exact) mass is 418 g/mol. The Kier molecular flexibility index (Phi) is 4.26. The third-order valence-corrected chi connectivity index (χ3v) is 5.76. The van der Waals surface area contributed by atoms with Crippen molar-refractivity contribution in [3.05, 3.63) is 70.7 Å². The molecule has 0 saturated heterocycles. The number of anilines is 1. The third kappa shape index (κ3) is 3.04. The minimum absolute atomic E-state index is 0.410. The van der Waals surface area contributed by atoms with E-state index in [1.807, 2.05) is 66.9 Å². The molecule has 3 heterocycles. The Morgan fingerprint density at radius 2 is 1.72 bits per heavy atom. The second kappa shape index (κ2) is 6.95. The van der Waals surface area contributed by atoms with Crippen LogP contribution in [-0.4, -0.2) is 24.8 Å². The topological polar surface area (TPSA) is 82.0 Å². The van der Waals surface area contributed by atoms with Gasteiger partial charge >= 0.3 is 0 Å². The third-order valence-electron chi connectivity index (χ3n) is 4.66. The number of rotatable bonds is 3. The van der Waals surface area contributed by atoms with E-state index in [-0.39, 0.29) is 0 Å². The molecule has 0 aliphatic rings. The van der Waals surface area contributed by atoms with Gasteiger partial charge in [-0.15, -0.1) is 21.5 Å². The molecule has 0 radical (unpaired) electrons. The van der Waals surface area contributed by atoms with E-state index in [4.69, 9.17) is 22.3 Å². The zero-order chi connectivity index (χ0) is 20.0. The quantitative estimate of drug-likeness (QED) is 0.439. The first-order valence-electron chi connectivity index (χ1n) is 8.90. The van der Waals surface area contributed by atoms with Crippen molar-refractivity contribution in [2.24, 2.45) is 0 Å². The number of hydrogen-bond donors (Lipinski definition) is 1. The Balaban J connectivity index is 1.62. The van der Waals surface area contributed by atoms with Crippen molar-refractivity contribution in [2.75, 3.05) is 5.73 Å². The number of fused-ring (bicyclic) bond motifs is 1. The number of aryl methyl sites for hydroxylation is 1. The highest BCUT2D eigenvalue weighted by Crippen LogP contribution is 2.33. The lowest BCUT2D eigenvalue weighted by atomic mass is 10.1. The molecule has 3 aromatic heterocycles. The number of nitrogens with two attached hydrogens (primary N) is 1. The van der Waals surface area contributed by atoms with Crippen molar-refractivity contribution in [1.29, 1.82) is 0 Å². The Bertz CT molecular complexity index is 1330. The van der Waals surface area contributed by atoms with Gasteiger partial charge in [0.05, 0.1) is 17.0 Å². The number of nitrogen functional groups attached to an aromatic ring is 1. The maximum atomic E-state index is 6.43. The lowest BCUT2D eigenvalue weighted by molar-refractivity contribution is 0.892. The van der Waals surface area contributed by atoms with E-state index in [1.165, 1.54) is 11.3 Å². The van der Waals surface area contributed by atoms with Crippen LogP contribution in [0.2, 0.25) is 5.02 Å². The van der Waals surface area contributed by atoms with Gasteiger partial charge < -0.3 is 5.73 Å². The van der Waals surface area contributed by atoms with Crippen LogP contribution < -0.4 is 5.73 Å². The fraction of sp³-hybridized carbons (Fsp3) is 0.0476. The van der Waals surface area contributed by atoms with Gasteiger partial charge in [-0.2, -0.15) is 9.61 Å².